The monoisotopic (exact) mass is 397 g/mol. The summed E-state index contributed by atoms with van der Waals surface area (Å²) in [6.45, 7) is 12.9. The number of nitrogens with zero attached hydrogens (tertiary/aromatic N) is 2. The Bertz CT molecular complexity index is 957. The van der Waals surface area contributed by atoms with Gasteiger partial charge in [0, 0.05) is 24.3 Å². The highest BCUT2D eigenvalue weighted by Crippen LogP contribution is 2.41. The standard InChI is InChI=1S/C22H27N3O2S/c1-12(2)25-18-8-13(3)15(9-16(18)14(4)11-22(25,5)6)10-17-19(26)23-21(28)24(7)20(17)27/h8-12H,1-7H3,(H,23,26,28)/b17-10+. The predicted molar refractivity (Wildman–Crippen MR) is 118 cm³/mol. The highest BCUT2D eigenvalue weighted by molar-refractivity contribution is 7.80. The number of aryl methyl sites for hydroxylation is 1. The van der Waals surface area contributed by atoms with Crippen molar-refractivity contribution >= 4 is 46.5 Å². The van der Waals surface area contributed by atoms with Crippen LogP contribution in [0.25, 0.3) is 11.6 Å². The summed E-state index contributed by atoms with van der Waals surface area (Å²) in [5, 5.41) is 2.69. The van der Waals surface area contributed by atoms with E-state index in [2.05, 4.69) is 63.0 Å². The molecule has 6 heteroatoms. The lowest BCUT2D eigenvalue weighted by molar-refractivity contribution is -0.128. The molecule has 0 saturated carbocycles. The molecular formula is C22H27N3O2S. The molecule has 2 amide bonds. The minimum absolute atomic E-state index is 0.0880. The lowest BCUT2D eigenvalue weighted by Crippen LogP contribution is -2.52. The second-order valence-corrected chi connectivity index (χ2v) is 8.74. The summed E-state index contributed by atoms with van der Waals surface area (Å²) in [6.07, 6.45) is 3.94. The van der Waals surface area contributed by atoms with Crippen LogP contribution in [0.4, 0.5) is 5.69 Å². The zero-order valence-electron chi connectivity index (χ0n) is 17.5. The van der Waals surface area contributed by atoms with Crippen LogP contribution in [0, 0.1) is 6.92 Å². The van der Waals surface area contributed by atoms with Crippen molar-refractivity contribution in [2.75, 3.05) is 11.9 Å². The first kappa shape index (κ1) is 20.3. The number of fused-ring (bicyclic) bond motifs is 1. The highest BCUT2D eigenvalue weighted by atomic mass is 32.1. The molecule has 0 radical (unpaired) electrons. The second kappa shape index (κ2) is 6.85. The number of benzene rings is 1. The summed E-state index contributed by atoms with van der Waals surface area (Å²) in [4.78, 5) is 28.5. The Kier molecular flexibility index (Phi) is 4.96. The number of allylic oxidation sites excluding steroid dienone is 1. The summed E-state index contributed by atoms with van der Waals surface area (Å²) in [5.41, 5.74) is 5.37. The lowest BCUT2D eigenvalue weighted by Gasteiger charge is -2.46. The van der Waals surface area contributed by atoms with Crippen molar-refractivity contribution in [2.45, 2.75) is 53.1 Å². The Hall–Kier alpha value is -2.47. The third-order valence-corrected chi connectivity index (χ3v) is 5.76. The van der Waals surface area contributed by atoms with Crippen molar-refractivity contribution < 1.29 is 9.59 Å². The quantitative estimate of drug-likeness (QED) is 0.470. The maximum Gasteiger partial charge on any atom is 0.265 e. The van der Waals surface area contributed by atoms with E-state index in [9.17, 15) is 9.59 Å². The fourth-order valence-corrected chi connectivity index (χ4v) is 4.39. The number of nitrogens with one attached hydrogen (secondary N) is 1. The third-order valence-electron chi connectivity index (χ3n) is 5.38. The number of anilines is 1. The van der Waals surface area contributed by atoms with Gasteiger partial charge in [-0.3, -0.25) is 19.8 Å². The van der Waals surface area contributed by atoms with Crippen molar-refractivity contribution in [2.24, 2.45) is 0 Å². The van der Waals surface area contributed by atoms with Crippen LogP contribution in [0.15, 0.2) is 23.8 Å². The van der Waals surface area contributed by atoms with E-state index in [1.807, 2.05) is 6.92 Å². The van der Waals surface area contributed by atoms with E-state index in [1.165, 1.54) is 16.2 Å². The molecule has 0 aliphatic carbocycles. The summed E-state index contributed by atoms with van der Waals surface area (Å²) >= 11 is 5.01. The van der Waals surface area contributed by atoms with Gasteiger partial charge in [-0.05, 0) is 88.7 Å². The van der Waals surface area contributed by atoms with Gasteiger partial charge in [-0.1, -0.05) is 6.08 Å². The zero-order chi connectivity index (χ0) is 21.0. The summed E-state index contributed by atoms with van der Waals surface area (Å²) in [6, 6.07) is 4.56. The molecule has 1 N–H and O–H groups in total. The number of rotatable bonds is 2. The zero-order valence-corrected chi connectivity index (χ0v) is 18.3. The predicted octanol–water partition coefficient (Wildman–Crippen LogP) is 3.66. The average Bonchev–Trinajstić information content (AvgIpc) is 2.56. The Balaban J connectivity index is 2.15. The normalized spacial score (nSPS) is 20.5. The summed E-state index contributed by atoms with van der Waals surface area (Å²) < 4.78 is 0. The van der Waals surface area contributed by atoms with Crippen molar-refractivity contribution in [3.05, 3.63) is 40.5 Å². The largest absolute Gasteiger partial charge is 0.360 e. The van der Waals surface area contributed by atoms with E-state index >= 15 is 0 Å². The van der Waals surface area contributed by atoms with Crippen molar-refractivity contribution in [3.63, 3.8) is 0 Å². The van der Waals surface area contributed by atoms with E-state index in [0.717, 1.165) is 16.7 Å². The number of carbonyl (C=O) groups is 2. The lowest BCUT2D eigenvalue weighted by atomic mass is 9.85. The van der Waals surface area contributed by atoms with Crippen LogP contribution in [0.5, 0.6) is 0 Å². The van der Waals surface area contributed by atoms with Crippen LogP contribution in [0.3, 0.4) is 0 Å². The van der Waals surface area contributed by atoms with Crippen LogP contribution in [-0.4, -0.2) is 40.5 Å². The van der Waals surface area contributed by atoms with Gasteiger partial charge in [-0.25, -0.2) is 0 Å². The first-order valence-electron chi connectivity index (χ1n) is 9.43. The molecule has 0 unspecified atom stereocenters. The fourth-order valence-electron chi connectivity index (χ4n) is 4.21. The van der Waals surface area contributed by atoms with Gasteiger partial charge in [-0.15, -0.1) is 0 Å². The topological polar surface area (TPSA) is 52.7 Å². The van der Waals surface area contributed by atoms with Crippen LogP contribution in [0.2, 0.25) is 0 Å². The average molecular weight is 398 g/mol. The Morgan fingerprint density at radius 1 is 1.18 bits per heavy atom. The molecule has 28 heavy (non-hydrogen) atoms. The van der Waals surface area contributed by atoms with Crippen molar-refractivity contribution in [1.82, 2.24) is 10.2 Å². The van der Waals surface area contributed by atoms with Crippen LogP contribution in [0.1, 0.15) is 51.3 Å². The van der Waals surface area contributed by atoms with Gasteiger partial charge in [0.15, 0.2) is 5.11 Å². The number of likely N-dealkylation sites (N-methyl/N-ethyl adjacent to an activating group) is 1. The fraction of sp³-hybridized carbons (Fsp3) is 0.409. The molecule has 2 aliphatic rings. The van der Waals surface area contributed by atoms with Crippen LogP contribution in [-0.2, 0) is 9.59 Å². The molecule has 1 aromatic rings. The first-order chi connectivity index (χ1) is 12.9. The van der Waals surface area contributed by atoms with E-state index < -0.39 is 5.91 Å². The van der Waals surface area contributed by atoms with Crippen molar-refractivity contribution in [3.8, 4) is 0 Å². The molecule has 2 heterocycles. The van der Waals surface area contributed by atoms with Crippen LogP contribution >= 0.6 is 12.2 Å². The second-order valence-electron chi connectivity index (χ2n) is 8.35. The Morgan fingerprint density at radius 3 is 2.43 bits per heavy atom. The molecule has 1 aromatic carbocycles. The summed E-state index contributed by atoms with van der Waals surface area (Å²) in [5.74, 6) is -0.842. The molecule has 0 atom stereocenters. The van der Waals surface area contributed by atoms with Crippen LogP contribution < -0.4 is 10.2 Å². The number of thiocarbonyl (C=S) groups is 1. The number of carbonyl (C=O) groups excluding carboxylic acids is 2. The molecule has 1 saturated heterocycles. The molecule has 0 aromatic heterocycles. The van der Waals surface area contributed by atoms with Crippen molar-refractivity contribution in [1.29, 1.82) is 0 Å². The number of amides is 2. The van der Waals surface area contributed by atoms with Gasteiger partial charge in [0.25, 0.3) is 11.8 Å². The highest BCUT2D eigenvalue weighted by Gasteiger charge is 2.34. The molecule has 148 valence electrons. The van der Waals surface area contributed by atoms with Gasteiger partial charge in [0.1, 0.15) is 5.57 Å². The molecule has 1 fully saturated rings. The van der Waals surface area contributed by atoms with Gasteiger partial charge < -0.3 is 4.90 Å². The molecule has 0 spiro atoms. The van der Waals surface area contributed by atoms with Gasteiger partial charge in [-0.2, -0.15) is 0 Å². The Labute approximate surface area is 172 Å². The minimum atomic E-state index is -0.456. The SMILES string of the molecule is CC1=CC(C)(C)N(C(C)C)c2cc(C)c(/C=C3\C(=O)NC(=S)N(C)C3=O)cc21. The molecule has 2 aliphatic heterocycles. The maximum atomic E-state index is 12.5. The van der Waals surface area contributed by atoms with E-state index in [4.69, 9.17) is 12.2 Å². The van der Waals surface area contributed by atoms with Gasteiger partial charge in [0.2, 0.25) is 0 Å². The molecule has 0 bridgehead atoms. The molecular weight excluding hydrogens is 370 g/mol. The Morgan fingerprint density at radius 2 is 1.82 bits per heavy atom. The van der Waals surface area contributed by atoms with Gasteiger partial charge >= 0.3 is 0 Å². The smallest absolute Gasteiger partial charge is 0.265 e. The maximum absolute atomic E-state index is 12.5. The number of hydrogen-bond donors (Lipinski definition) is 1. The first-order valence-corrected chi connectivity index (χ1v) is 9.83. The summed E-state index contributed by atoms with van der Waals surface area (Å²) in [7, 11) is 1.56. The third kappa shape index (κ3) is 3.26. The molecule has 3 rings (SSSR count). The molecule has 5 nitrogen and oxygen atoms in total. The van der Waals surface area contributed by atoms with E-state index in [0.29, 0.717) is 6.04 Å². The van der Waals surface area contributed by atoms with E-state index in [-0.39, 0.29) is 22.1 Å². The van der Waals surface area contributed by atoms with Gasteiger partial charge in [0.05, 0.1) is 5.54 Å². The minimum Gasteiger partial charge on any atom is -0.360 e. The van der Waals surface area contributed by atoms with E-state index in [1.54, 1.807) is 13.1 Å². The number of hydrogen-bond acceptors (Lipinski definition) is 4.